The van der Waals surface area contributed by atoms with E-state index in [1.165, 1.54) is 12.1 Å². The molecular formula is C14H18FNO2. The topological polar surface area (TPSA) is 40.5 Å². The average molecular weight is 251 g/mol. The highest BCUT2D eigenvalue weighted by atomic mass is 19.1. The third kappa shape index (κ3) is 3.07. The van der Waals surface area contributed by atoms with Crippen molar-refractivity contribution in [3.05, 3.63) is 35.6 Å². The van der Waals surface area contributed by atoms with Crippen LogP contribution in [-0.2, 0) is 4.79 Å². The Morgan fingerprint density at radius 1 is 1.44 bits per heavy atom. The molecule has 0 spiro atoms. The summed E-state index contributed by atoms with van der Waals surface area (Å²) in [5, 5.41) is 8.71. The summed E-state index contributed by atoms with van der Waals surface area (Å²) >= 11 is 0. The number of nitrogens with zero attached hydrogens (tertiary/aromatic N) is 1. The van der Waals surface area contributed by atoms with Crippen LogP contribution in [0.3, 0.4) is 0 Å². The molecule has 1 aromatic rings. The second kappa shape index (κ2) is 5.48. The van der Waals surface area contributed by atoms with Crippen LogP contribution in [0.4, 0.5) is 4.39 Å². The number of carboxylic acids is 1. The third-order valence-corrected chi connectivity index (χ3v) is 3.66. The van der Waals surface area contributed by atoms with Crippen molar-refractivity contribution in [1.29, 1.82) is 0 Å². The van der Waals surface area contributed by atoms with E-state index >= 15 is 0 Å². The molecule has 1 heterocycles. The van der Waals surface area contributed by atoms with Gasteiger partial charge in [-0.1, -0.05) is 12.1 Å². The van der Waals surface area contributed by atoms with Crippen molar-refractivity contribution in [2.24, 2.45) is 0 Å². The Hall–Kier alpha value is -1.42. The summed E-state index contributed by atoms with van der Waals surface area (Å²) in [5.74, 6) is -0.589. The first-order chi connectivity index (χ1) is 8.56. The maximum atomic E-state index is 12.9. The molecule has 3 nitrogen and oxygen atoms in total. The molecule has 4 heteroatoms. The van der Waals surface area contributed by atoms with Gasteiger partial charge in [0.1, 0.15) is 5.82 Å². The molecular weight excluding hydrogens is 233 g/mol. The van der Waals surface area contributed by atoms with Crippen molar-refractivity contribution < 1.29 is 14.3 Å². The first-order valence-electron chi connectivity index (χ1n) is 6.27. The highest BCUT2D eigenvalue weighted by molar-refractivity contribution is 5.66. The zero-order chi connectivity index (χ0) is 13.1. The van der Waals surface area contributed by atoms with Gasteiger partial charge in [-0.3, -0.25) is 9.69 Å². The normalized spacial score (nSPS) is 24.3. The van der Waals surface area contributed by atoms with Crippen LogP contribution in [0.1, 0.15) is 31.2 Å². The Bertz CT molecular complexity index is 418. The van der Waals surface area contributed by atoms with Crippen molar-refractivity contribution in [1.82, 2.24) is 4.90 Å². The van der Waals surface area contributed by atoms with Gasteiger partial charge in [0, 0.05) is 19.1 Å². The Balaban J connectivity index is 1.97. The Labute approximate surface area is 106 Å². The molecule has 0 amide bonds. The fourth-order valence-corrected chi connectivity index (χ4v) is 2.63. The summed E-state index contributed by atoms with van der Waals surface area (Å²) < 4.78 is 12.9. The van der Waals surface area contributed by atoms with Gasteiger partial charge in [-0.15, -0.1) is 0 Å². The van der Waals surface area contributed by atoms with E-state index in [4.69, 9.17) is 5.11 Å². The van der Waals surface area contributed by atoms with Crippen molar-refractivity contribution in [3.8, 4) is 0 Å². The molecule has 1 aromatic carbocycles. The van der Waals surface area contributed by atoms with Crippen LogP contribution in [0.2, 0.25) is 0 Å². The van der Waals surface area contributed by atoms with Crippen LogP contribution < -0.4 is 0 Å². The number of benzene rings is 1. The molecule has 2 rings (SSSR count). The molecule has 0 radical (unpaired) electrons. The van der Waals surface area contributed by atoms with Gasteiger partial charge in [-0.05, 0) is 37.0 Å². The van der Waals surface area contributed by atoms with Crippen LogP contribution >= 0.6 is 0 Å². The van der Waals surface area contributed by atoms with Crippen LogP contribution in [-0.4, -0.2) is 35.1 Å². The Morgan fingerprint density at radius 3 is 2.72 bits per heavy atom. The minimum Gasteiger partial charge on any atom is -0.481 e. The third-order valence-electron chi connectivity index (χ3n) is 3.66. The predicted molar refractivity (Wildman–Crippen MR) is 67.0 cm³/mol. The molecule has 1 N–H and O–H groups in total. The van der Waals surface area contributed by atoms with E-state index in [-0.39, 0.29) is 12.2 Å². The predicted octanol–water partition coefficient (Wildman–Crippen LogP) is 2.48. The zero-order valence-corrected chi connectivity index (χ0v) is 10.5. The van der Waals surface area contributed by atoms with Gasteiger partial charge >= 0.3 is 5.97 Å². The molecule has 98 valence electrons. The monoisotopic (exact) mass is 251 g/mol. The minimum absolute atomic E-state index is 0.181. The molecule has 1 aliphatic heterocycles. The summed E-state index contributed by atoms with van der Waals surface area (Å²) in [6.07, 6.45) is 1.19. The van der Waals surface area contributed by atoms with E-state index in [1.807, 2.05) is 12.1 Å². The molecule has 1 saturated heterocycles. The van der Waals surface area contributed by atoms with Gasteiger partial charge < -0.3 is 5.11 Å². The fourth-order valence-electron chi connectivity index (χ4n) is 2.63. The summed E-state index contributed by atoms with van der Waals surface area (Å²) in [6.45, 7) is 3.57. The summed E-state index contributed by atoms with van der Waals surface area (Å²) in [7, 11) is 0. The molecule has 1 fully saturated rings. The van der Waals surface area contributed by atoms with Crippen LogP contribution in [0.5, 0.6) is 0 Å². The maximum Gasteiger partial charge on any atom is 0.304 e. The lowest BCUT2D eigenvalue weighted by Gasteiger charge is -2.19. The SMILES string of the molecule is C[C@@H]1C[C@@H](c2ccc(F)cc2)CN1CCC(=O)O. The largest absolute Gasteiger partial charge is 0.481 e. The standard InChI is InChI=1S/C14H18FNO2/c1-10-8-12(9-16(10)7-6-14(17)18)11-2-4-13(15)5-3-11/h2-5,10,12H,6-9H2,1H3,(H,17,18)/t10-,12-/m1/s1. The van der Waals surface area contributed by atoms with Gasteiger partial charge in [-0.2, -0.15) is 0 Å². The first kappa shape index (κ1) is 13.0. The second-order valence-electron chi connectivity index (χ2n) is 4.97. The van der Waals surface area contributed by atoms with E-state index in [0.717, 1.165) is 18.5 Å². The van der Waals surface area contributed by atoms with Crippen molar-refractivity contribution in [3.63, 3.8) is 0 Å². The molecule has 0 aromatic heterocycles. The highest BCUT2D eigenvalue weighted by Gasteiger charge is 2.29. The van der Waals surface area contributed by atoms with Gasteiger partial charge in [-0.25, -0.2) is 4.39 Å². The molecule has 18 heavy (non-hydrogen) atoms. The van der Waals surface area contributed by atoms with Crippen LogP contribution in [0.25, 0.3) is 0 Å². The number of hydrogen-bond donors (Lipinski definition) is 1. The zero-order valence-electron chi connectivity index (χ0n) is 10.5. The smallest absolute Gasteiger partial charge is 0.304 e. The number of likely N-dealkylation sites (tertiary alicyclic amines) is 1. The van der Waals surface area contributed by atoms with Gasteiger partial charge in [0.05, 0.1) is 6.42 Å². The molecule has 2 atom stereocenters. The van der Waals surface area contributed by atoms with E-state index in [2.05, 4.69) is 11.8 Å². The van der Waals surface area contributed by atoms with E-state index < -0.39 is 5.97 Å². The average Bonchev–Trinajstić information content (AvgIpc) is 2.69. The quantitative estimate of drug-likeness (QED) is 0.893. The van der Waals surface area contributed by atoms with Gasteiger partial charge in [0.15, 0.2) is 0 Å². The number of hydrogen-bond acceptors (Lipinski definition) is 2. The second-order valence-corrected chi connectivity index (χ2v) is 4.97. The fraction of sp³-hybridized carbons (Fsp3) is 0.500. The highest BCUT2D eigenvalue weighted by Crippen LogP contribution is 2.31. The number of aliphatic carboxylic acids is 1. The molecule has 0 unspecified atom stereocenters. The number of carbonyl (C=O) groups is 1. The Kier molecular flexibility index (Phi) is 3.97. The maximum absolute atomic E-state index is 12.9. The number of halogens is 1. The minimum atomic E-state index is -0.757. The lowest BCUT2D eigenvalue weighted by Crippen LogP contribution is -2.29. The molecule has 1 aliphatic rings. The number of rotatable bonds is 4. The molecule has 0 aliphatic carbocycles. The van der Waals surface area contributed by atoms with E-state index in [9.17, 15) is 9.18 Å². The van der Waals surface area contributed by atoms with E-state index in [1.54, 1.807) is 0 Å². The summed E-state index contributed by atoms with van der Waals surface area (Å²) in [5.41, 5.74) is 1.14. The number of carboxylic acid groups (broad SMARTS) is 1. The molecule has 0 bridgehead atoms. The van der Waals surface area contributed by atoms with Crippen molar-refractivity contribution in [2.75, 3.05) is 13.1 Å². The first-order valence-corrected chi connectivity index (χ1v) is 6.27. The molecule has 0 saturated carbocycles. The van der Waals surface area contributed by atoms with E-state index in [0.29, 0.717) is 18.5 Å². The van der Waals surface area contributed by atoms with Crippen LogP contribution in [0, 0.1) is 5.82 Å². The van der Waals surface area contributed by atoms with Gasteiger partial charge in [0.2, 0.25) is 0 Å². The Morgan fingerprint density at radius 2 is 2.11 bits per heavy atom. The lowest BCUT2D eigenvalue weighted by molar-refractivity contribution is -0.137. The van der Waals surface area contributed by atoms with Crippen LogP contribution in [0.15, 0.2) is 24.3 Å². The lowest BCUT2D eigenvalue weighted by atomic mass is 9.97. The summed E-state index contributed by atoms with van der Waals surface area (Å²) in [4.78, 5) is 12.8. The van der Waals surface area contributed by atoms with Crippen molar-refractivity contribution in [2.45, 2.75) is 31.7 Å². The summed E-state index contributed by atoms with van der Waals surface area (Å²) in [6, 6.07) is 7.01. The van der Waals surface area contributed by atoms with Gasteiger partial charge in [0.25, 0.3) is 0 Å². The van der Waals surface area contributed by atoms with Crippen molar-refractivity contribution >= 4 is 5.97 Å².